The molecule has 0 aliphatic heterocycles. The summed E-state index contributed by atoms with van der Waals surface area (Å²) in [6.07, 6.45) is 5.06. The van der Waals surface area contributed by atoms with E-state index in [1.165, 1.54) is 11.8 Å². The third-order valence-electron chi connectivity index (χ3n) is 2.13. The van der Waals surface area contributed by atoms with Crippen molar-refractivity contribution < 1.29 is 8.42 Å². The number of hydrogen-bond acceptors (Lipinski definition) is 4. The number of primary sulfonamides is 1. The maximum Gasteiger partial charge on any atom is 0.235 e. The molecular formula is C10H11NO2S3. The van der Waals surface area contributed by atoms with Crippen molar-refractivity contribution in [1.82, 2.24) is 0 Å². The lowest BCUT2D eigenvalue weighted by atomic mass is 10.2. The summed E-state index contributed by atoms with van der Waals surface area (Å²) in [6.45, 7) is 0. The quantitative estimate of drug-likeness (QED) is 0.921. The van der Waals surface area contributed by atoms with Gasteiger partial charge in [-0.05, 0) is 24.3 Å². The number of nitrogens with two attached hydrogens (primary N) is 1. The predicted octanol–water partition coefficient (Wildman–Crippen LogP) is 2.69. The van der Waals surface area contributed by atoms with Crippen LogP contribution in [0.5, 0.6) is 0 Å². The Labute approximate surface area is 103 Å². The Bertz CT molecular complexity index is 526. The van der Waals surface area contributed by atoms with E-state index in [0.29, 0.717) is 11.3 Å². The second-order valence-corrected chi connectivity index (χ2v) is 7.18. The average molecular weight is 273 g/mol. The van der Waals surface area contributed by atoms with Gasteiger partial charge in [0, 0.05) is 4.91 Å². The third-order valence-corrected chi connectivity index (χ3v) is 5.51. The van der Waals surface area contributed by atoms with Crippen molar-refractivity contribution in [3.63, 3.8) is 0 Å². The standard InChI is InChI=1S/C10H11NO2S3/c11-16(12,13)9-5-2-1-4-8(9)15-10-6-3-7-14-10/h1,3-4,6-7H,2,5H2,(H2,11,12,13). The summed E-state index contributed by atoms with van der Waals surface area (Å²) in [5.41, 5.74) is 0. The smallest absolute Gasteiger partial charge is 0.225 e. The summed E-state index contributed by atoms with van der Waals surface area (Å²) in [6, 6.07) is 3.91. The van der Waals surface area contributed by atoms with Crippen LogP contribution in [0.4, 0.5) is 0 Å². The number of thioether (sulfide) groups is 1. The fraction of sp³-hybridized carbons (Fsp3) is 0.200. The molecule has 1 heterocycles. The Morgan fingerprint density at radius 2 is 2.25 bits per heavy atom. The fourth-order valence-electron chi connectivity index (χ4n) is 1.42. The van der Waals surface area contributed by atoms with Crippen LogP contribution in [0.2, 0.25) is 0 Å². The summed E-state index contributed by atoms with van der Waals surface area (Å²) in [5, 5.41) is 7.16. The summed E-state index contributed by atoms with van der Waals surface area (Å²) in [4.78, 5) is 1.10. The third kappa shape index (κ3) is 2.76. The molecule has 1 aromatic heterocycles. The molecule has 0 unspecified atom stereocenters. The van der Waals surface area contributed by atoms with E-state index in [2.05, 4.69) is 0 Å². The van der Waals surface area contributed by atoms with Crippen molar-refractivity contribution in [2.45, 2.75) is 17.1 Å². The Balaban J connectivity index is 2.35. The first-order chi connectivity index (χ1) is 7.57. The van der Waals surface area contributed by atoms with Crippen LogP contribution in [-0.4, -0.2) is 8.42 Å². The number of sulfonamides is 1. The topological polar surface area (TPSA) is 60.2 Å². The lowest BCUT2D eigenvalue weighted by Crippen LogP contribution is -2.16. The minimum atomic E-state index is -3.57. The minimum absolute atomic E-state index is 0.355. The van der Waals surface area contributed by atoms with Crippen molar-refractivity contribution in [2.75, 3.05) is 0 Å². The molecule has 2 rings (SSSR count). The van der Waals surface area contributed by atoms with Gasteiger partial charge in [0.25, 0.3) is 0 Å². The normalized spacial score (nSPS) is 16.8. The van der Waals surface area contributed by atoms with Gasteiger partial charge in [0.1, 0.15) is 0 Å². The molecule has 1 aliphatic rings. The monoisotopic (exact) mass is 273 g/mol. The maximum absolute atomic E-state index is 11.4. The van der Waals surface area contributed by atoms with Gasteiger partial charge in [-0.1, -0.05) is 30.0 Å². The lowest BCUT2D eigenvalue weighted by Gasteiger charge is -2.12. The Kier molecular flexibility index (Phi) is 3.53. The van der Waals surface area contributed by atoms with Crippen molar-refractivity contribution >= 4 is 33.1 Å². The second-order valence-electron chi connectivity index (χ2n) is 3.31. The first-order valence-corrected chi connectivity index (χ1v) is 7.95. The van der Waals surface area contributed by atoms with E-state index in [0.717, 1.165) is 15.5 Å². The van der Waals surface area contributed by atoms with Crippen molar-refractivity contribution in [3.05, 3.63) is 39.5 Å². The zero-order valence-corrected chi connectivity index (χ0v) is 10.9. The second kappa shape index (κ2) is 4.75. The van der Waals surface area contributed by atoms with Gasteiger partial charge < -0.3 is 0 Å². The van der Waals surface area contributed by atoms with E-state index in [4.69, 9.17) is 5.14 Å². The van der Waals surface area contributed by atoms with Crippen LogP contribution >= 0.6 is 23.1 Å². The molecule has 0 atom stereocenters. The minimum Gasteiger partial charge on any atom is -0.225 e. The lowest BCUT2D eigenvalue weighted by molar-refractivity contribution is 0.601. The summed E-state index contributed by atoms with van der Waals surface area (Å²) in [5.74, 6) is 0. The largest absolute Gasteiger partial charge is 0.235 e. The molecule has 1 aromatic rings. The molecule has 0 amide bonds. The molecule has 1 aliphatic carbocycles. The highest BCUT2D eigenvalue weighted by atomic mass is 32.2. The van der Waals surface area contributed by atoms with Crippen LogP contribution in [0.3, 0.4) is 0 Å². The van der Waals surface area contributed by atoms with Crippen molar-refractivity contribution in [2.24, 2.45) is 5.14 Å². The number of hydrogen-bond donors (Lipinski definition) is 1. The van der Waals surface area contributed by atoms with Gasteiger partial charge in [-0.15, -0.1) is 11.3 Å². The molecule has 0 fully saturated rings. The van der Waals surface area contributed by atoms with Crippen molar-refractivity contribution in [3.8, 4) is 0 Å². The van der Waals surface area contributed by atoms with Crippen LogP contribution in [0.25, 0.3) is 0 Å². The van der Waals surface area contributed by atoms with E-state index < -0.39 is 10.0 Å². The van der Waals surface area contributed by atoms with E-state index in [-0.39, 0.29) is 0 Å². The molecule has 0 spiro atoms. The molecule has 0 radical (unpaired) electrons. The molecule has 2 N–H and O–H groups in total. The molecule has 0 aromatic carbocycles. The average Bonchev–Trinajstić information content (AvgIpc) is 2.70. The Hall–Kier alpha value is -0.560. The molecule has 86 valence electrons. The van der Waals surface area contributed by atoms with Gasteiger partial charge in [-0.3, -0.25) is 0 Å². The summed E-state index contributed by atoms with van der Waals surface area (Å²) in [7, 11) is -3.57. The van der Waals surface area contributed by atoms with Crippen LogP contribution in [0, 0.1) is 0 Å². The summed E-state index contributed by atoms with van der Waals surface area (Å²) >= 11 is 3.05. The highest BCUT2D eigenvalue weighted by Crippen LogP contribution is 2.37. The van der Waals surface area contributed by atoms with Crippen LogP contribution in [0.15, 0.2) is 43.7 Å². The van der Waals surface area contributed by atoms with Crippen LogP contribution in [-0.2, 0) is 10.0 Å². The zero-order valence-electron chi connectivity index (χ0n) is 8.42. The number of rotatable bonds is 3. The molecule has 0 saturated carbocycles. The molecule has 6 heteroatoms. The van der Waals surface area contributed by atoms with E-state index in [9.17, 15) is 8.42 Å². The highest BCUT2D eigenvalue weighted by molar-refractivity contribution is 8.06. The van der Waals surface area contributed by atoms with E-state index in [1.54, 1.807) is 11.3 Å². The molecular weight excluding hydrogens is 262 g/mol. The highest BCUT2D eigenvalue weighted by Gasteiger charge is 2.19. The fourth-order valence-corrected chi connectivity index (χ4v) is 4.47. The van der Waals surface area contributed by atoms with Gasteiger partial charge in [0.2, 0.25) is 10.0 Å². The van der Waals surface area contributed by atoms with Crippen molar-refractivity contribution in [1.29, 1.82) is 0 Å². The Morgan fingerprint density at radius 1 is 1.44 bits per heavy atom. The zero-order chi connectivity index (χ0) is 11.6. The molecule has 0 bridgehead atoms. The number of thiophene rings is 1. The first-order valence-electron chi connectivity index (χ1n) is 4.71. The van der Waals surface area contributed by atoms with E-state index in [1.807, 2.05) is 29.7 Å². The van der Waals surface area contributed by atoms with Gasteiger partial charge in [0.15, 0.2) is 0 Å². The SMILES string of the molecule is NS(=O)(=O)C1=C(Sc2cccs2)C=CCC1. The summed E-state index contributed by atoms with van der Waals surface area (Å²) < 4.78 is 23.9. The maximum atomic E-state index is 11.4. The van der Waals surface area contributed by atoms with Crippen LogP contribution < -0.4 is 5.14 Å². The van der Waals surface area contributed by atoms with E-state index >= 15 is 0 Å². The van der Waals surface area contributed by atoms with Gasteiger partial charge in [-0.2, -0.15) is 0 Å². The predicted molar refractivity (Wildman–Crippen MR) is 68.7 cm³/mol. The Morgan fingerprint density at radius 3 is 2.88 bits per heavy atom. The number of allylic oxidation sites excluding steroid dienone is 3. The molecule has 0 saturated heterocycles. The first kappa shape index (κ1) is 11.9. The molecule has 16 heavy (non-hydrogen) atoms. The van der Waals surface area contributed by atoms with Crippen LogP contribution in [0.1, 0.15) is 12.8 Å². The van der Waals surface area contributed by atoms with Gasteiger partial charge in [-0.25, -0.2) is 13.6 Å². The molecule has 3 nitrogen and oxygen atoms in total. The van der Waals surface area contributed by atoms with Gasteiger partial charge >= 0.3 is 0 Å². The van der Waals surface area contributed by atoms with Gasteiger partial charge in [0.05, 0.1) is 9.11 Å².